The highest BCUT2D eigenvalue weighted by Crippen LogP contribution is 2.32. The lowest BCUT2D eigenvalue weighted by Gasteiger charge is -2.14. The SMILES string of the molecule is CCCCC(=O)Oc1ccc(OCC(C)CC)cc1-c1cnccn1. The number of carbonyl (C=O) groups excluding carboxylic acids is 1. The van der Waals surface area contributed by atoms with Gasteiger partial charge >= 0.3 is 5.97 Å². The molecule has 1 heterocycles. The van der Waals surface area contributed by atoms with Gasteiger partial charge in [0.05, 0.1) is 18.5 Å². The molecule has 5 nitrogen and oxygen atoms in total. The normalized spacial score (nSPS) is 11.8. The molecule has 1 atom stereocenters. The molecule has 1 aromatic heterocycles. The summed E-state index contributed by atoms with van der Waals surface area (Å²) in [6.45, 7) is 6.97. The van der Waals surface area contributed by atoms with Crippen molar-refractivity contribution in [2.24, 2.45) is 5.92 Å². The second-order valence-electron chi connectivity index (χ2n) is 6.15. The molecule has 1 unspecified atom stereocenters. The highest BCUT2D eigenvalue weighted by Gasteiger charge is 2.14. The molecule has 2 rings (SSSR count). The van der Waals surface area contributed by atoms with E-state index in [2.05, 4.69) is 23.8 Å². The summed E-state index contributed by atoms with van der Waals surface area (Å²) >= 11 is 0. The molecule has 0 radical (unpaired) electrons. The highest BCUT2D eigenvalue weighted by atomic mass is 16.5. The summed E-state index contributed by atoms with van der Waals surface area (Å²) in [5.74, 6) is 1.46. The van der Waals surface area contributed by atoms with E-state index in [-0.39, 0.29) is 5.97 Å². The predicted molar refractivity (Wildman–Crippen MR) is 97.6 cm³/mol. The number of rotatable bonds is 9. The van der Waals surface area contributed by atoms with Crippen LogP contribution in [0.25, 0.3) is 11.3 Å². The maximum absolute atomic E-state index is 12.0. The number of esters is 1. The second-order valence-corrected chi connectivity index (χ2v) is 6.15. The Kier molecular flexibility index (Phi) is 7.38. The summed E-state index contributed by atoms with van der Waals surface area (Å²) < 4.78 is 11.4. The van der Waals surface area contributed by atoms with Gasteiger partial charge in [0, 0.05) is 24.4 Å². The van der Waals surface area contributed by atoms with E-state index in [0.717, 1.165) is 25.0 Å². The van der Waals surface area contributed by atoms with Gasteiger partial charge in [-0.15, -0.1) is 0 Å². The van der Waals surface area contributed by atoms with Crippen molar-refractivity contribution in [2.45, 2.75) is 46.5 Å². The minimum absolute atomic E-state index is 0.236. The largest absolute Gasteiger partial charge is 0.493 e. The lowest BCUT2D eigenvalue weighted by atomic mass is 10.1. The number of carbonyl (C=O) groups is 1. The number of benzene rings is 1. The van der Waals surface area contributed by atoms with Gasteiger partial charge in [0.1, 0.15) is 11.5 Å². The average molecular weight is 342 g/mol. The molecule has 0 spiro atoms. The van der Waals surface area contributed by atoms with Crippen LogP contribution in [0.15, 0.2) is 36.8 Å². The van der Waals surface area contributed by atoms with Gasteiger partial charge in [0.2, 0.25) is 0 Å². The molecule has 0 saturated carbocycles. The Morgan fingerprint density at radius 2 is 2.08 bits per heavy atom. The zero-order chi connectivity index (χ0) is 18.1. The van der Waals surface area contributed by atoms with E-state index in [4.69, 9.17) is 9.47 Å². The van der Waals surface area contributed by atoms with E-state index in [0.29, 0.717) is 36.0 Å². The number of nitrogens with zero attached hydrogens (tertiary/aromatic N) is 2. The molecule has 134 valence electrons. The fraction of sp³-hybridized carbons (Fsp3) is 0.450. The van der Waals surface area contributed by atoms with Crippen molar-refractivity contribution in [1.82, 2.24) is 9.97 Å². The maximum atomic E-state index is 12.0. The van der Waals surface area contributed by atoms with Crippen LogP contribution >= 0.6 is 0 Å². The Bertz CT molecular complexity index is 674. The summed E-state index contributed by atoms with van der Waals surface area (Å²) in [5, 5.41) is 0. The molecule has 0 aliphatic rings. The molecular formula is C20H26N2O3. The van der Waals surface area contributed by atoms with E-state index in [1.54, 1.807) is 24.7 Å². The van der Waals surface area contributed by atoms with Gasteiger partial charge in [0.25, 0.3) is 0 Å². The minimum atomic E-state index is -0.236. The molecule has 0 bridgehead atoms. The lowest BCUT2D eigenvalue weighted by Crippen LogP contribution is -2.09. The van der Waals surface area contributed by atoms with Gasteiger partial charge < -0.3 is 9.47 Å². The minimum Gasteiger partial charge on any atom is -0.493 e. The first-order valence-electron chi connectivity index (χ1n) is 8.88. The molecule has 2 aromatic rings. The van der Waals surface area contributed by atoms with Crippen LogP contribution in [0, 0.1) is 5.92 Å². The van der Waals surface area contributed by atoms with Crippen molar-refractivity contribution < 1.29 is 14.3 Å². The smallest absolute Gasteiger partial charge is 0.311 e. The number of unbranched alkanes of at least 4 members (excludes halogenated alkanes) is 1. The van der Waals surface area contributed by atoms with Gasteiger partial charge in [-0.2, -0.15) is 0 Å². The number of ether oxygens (including phenoxy) is 2. The third kappa shape index (κ3) is 5.85. The first-order valence-corrected chi connectivity index (χ1v) is 8.88. The Balaban J connectivity index is 2.24. The third-order valence-corrected chi connectivity index (χ3v) is 3.98. The molecule has 0 N–H and O–H groups in total. The Morgan fingerprint density at radius 3 is 2.76 bits per heavy atom. The first kappa shape index (κ1) is 18.9. The van der Waals surface area contributed by atoms with Crippen LogP contribution in [0.5, 0.6) is 11.5 Å². The van der Waals surface area contributed by atoms with Crippen LogP contribution in [0.4, 0.5) is 0 Å². The molecule has 5 heteroatoms. The molecule has 0 aliphatic carbocycles. The van der Waals surface area contributed by atoms with E-state index < -0.39 is 0 Å². The van der Waals surface area contributed by atoms with Crippen LogP contribution in [-0.4, -0.2) is 22.5 Å². The molecule has 0 saturated heterocycles. The Morgan fingerprint density at radius 1 is 1.24 bits per heavy atom. The van der Waals surface area contributed by atoms with Crippen LogP contribution in [0.1, 0.15) is 46.5 Å². The molecule has 0 aliphatic heterocycles. The zero-order valence-corrected chi connectivity index (χ0v) is 15.2. The second kappa shape index (κ2) is 9.77. The van der Waals surface area contributed by atoms with Crippen LogP contribution in [0.2, 0.25) is 0 Å². The summed E-state index contributed by atoms with van der Waals surface area (Å²) in [4.78, 5) is 20.4. The fourth-order valence-corrected chi connectivity index (χ4v) is 2.18. The quantitative estimate of drug-likeness (QED) is 0.490. The van der Waals surface area contributed by atoms with Crippen molar-refractivity contribution in [3.8, 4) is 22.8 Å². The molecular weight excluding hydrogens is 316 g/mol. The van der Waals surface area contributed by atoms with E-state index in [9.17, 15) is 4.79 Å². The average Bonchev–Trinajstić information content (AvgIpc) is 2.65. The van der Waals surface area contributed by atoms with Crippen LogP contribution < -0.4 is 9.47 Å². The number of hydrogen-bond acceptors (Lipinski definition) is 5. The maximum Gasteiger partial charge on any atom is 0.311 e. The standard InChI is InChI=1S/C20H26N2O3/c1-4-6-7-20(23)25-19-9-8-16(24-14-15(3)5-2)12-17(19)18-13-21-10-11-22-18/h8-13,15H,4-7,14H2,1-3H3. The topological polar surface area (TPSA) is 61.3 Å². The van der Waals surface area contributed by atoms with Crippen molar-refractivity contribution in [3.63, 3.8) is 0 Å². The monoisotopic (exact) mass is 342 g/mol. The molecule has 1 aromatic carbocycles. The Labute approximate surface area is 149 Å². The molecule has 25 heavy (non-hydrogen) atoms. The van der Waals surface area contributed by atoms with Gasteiger partial charge in [-0.1, -0.05) is 33.6 Å². The van der Waals surface area contributed by atoms with E-state index in [1.807, 2.05) is 19.1 Å². The van der Waals surface area contributed by atoms with Gasteiger partial charge in [-0.05, 0) is 30.5 Å². The number of hydrogen-bond donors (Lipinski definition) is 0. The number of aromatic nitrogens is 2. The Hall–Kier alpha value is -2.43. The van der Waals surface area contributed by atoms with Gasteiger partial charge in [-0.25, -0.2) is 0 Å². The van der Waals surface area contributed by atoms with Crippen molar-refractivity contribution in [1.29, 1.82) is 0 Å². The zero-order valence-electron chi connectivity index (χ0n) is 15.2. The molecule has 0 amide bonds. The van der Waals surface area contributed by atoms with Crippen molar-refractivity contribution in [3.05, 3.63) is 36.8 Å². The summed E-state index contributed by atoms with van der Waals surface area (Å²) in [6, 6.07) is 5.44. The summed E-state index contributed by atoms with van der Waals surface area (Å²) in [5.41, 5.74) is 1.36. The summed E-state index contributed by atoms with van der Waals surface area (Å²) in [7, 11) is 0. The lowest BCUT2D eigenvalue weighted by molar-refractivity contribution is -0.134. The van der Waals surface area contributed by atoms with Crippen LogP contribution in [0.3, 0.4) is 0 Å². The van der Waals surface area contributed by atoms with E-state index in [1.165, 1.54) is 0 Å². The van der Waals surface area contributed by atoms with Crippen molar-refractivity contribution >= 4 is 5.97 Å². The van der Waals surface area contributed by atoms with E-state index >= 15 is 0 Å². The third-order valence-electron chi connectivity index (χ3n) is 3.98. The predicted octanol–water partition coefficient (Wildman–Crippen LogP) is 4.66. The van der Waals surface area contributed by atoms with Gasteiger partial charge in [-0.3, -0.25) is 14.8 Å². The molecule has 0 fully saturated rings. The van der Waals surface area contributed by atoms with Crippen molar-refractivity contribution in [2.75, 3.05) is 6.61 Å². The van der Waals surface area contributed by atoms with Gasteiger partial charge in [0.15, 0.2) is 0 Å². The highest BCUT2D eigenvalue weighted by molar-refractivity contribution is 5.77. The summed E-state index contributed by atoms with van der Waals surface area (Å²) in [6.07, 6.45) is 8.11. The first-order chi connectivity index (χ1) is 12.1. The van der Waals surface area contributed by atoms with Crippen LogP contribution in [-0.2, 0) is 4.79 Å². The fourth-order valence-electron chi connectivity index (χ4n) is 2.18.